The number of amides is 1. The van der Waals surface area contributed by atoms with Gasteiger partial charge in [-0.1, -0.05) is 0 Å². The number of ether oxygens (including phenoxy) is 1. The normalized spacial score (nSPS) is 11.9. The lowest BCUT2D eigenvalue weighted by atomic mass is 10.0. The topological polar surface area (TPSA) is 55.6 Å². The Morgan fingerprint density at radius 3 is 2.26 bits per heavy atom. The highest BCUT2D eigenvalue weighted by atomic mass is 19.1. The lowest BCUT2D eigenvalue weighted by Gasteiger charge is -2.21. The third-order valence-electron chi connectivity index (χ3n) is 3.49. The second kappa shape index (κ2) is 7.19. The van der Waals surface area contributed by atoms with Crippen molar-refractivity contribution in [1.29, 1.82) is 0 Å². The van der Waals surface area contributed by atoms with E-state index in [1.807, 2.05) is 0 Å². The van der Waals surface area contributed by atoms with Crippen LogP contribution in [-0.4, -0.2) is 26.1 Å². The highest BCUT2D eigenvalue weighted by Gasteiger charge is 2.20. The number of anilines is 1. The number of likely N-dealkylation sites (N-methyl/N-ethyl adjacent to an activating group) is 1. The number of carbonyl (C=O) groups excluding carboxylic acids is 1. The molecule has 1 atom stereocenters. The Bertz CT molecular complexity index is 669. The van der Waals surface area contributed by atoms with Crippen molar-refractivity contribution in [3.05, 3.63) is 59.7 Å². The van der Waals surface area contributed by atoms with Crippen LogP contribution in [0.3, 0.4) is 0 Å². The van der Waals surface area contributed by atoms with Crippen LogP contribution in [0, 0.1) is 11.6 Å². The molecule has 0 fully saturated rings. The molecule has 0 spiro atoms. The summed E-state index contributed by atoms with van der Waals surface area (Å²) in [4.78, 5) is 13.8. The molecule has 2 rings (SSSR count). The van der Waals surface area contributed by atoms with Crippen LogP contribution in [0.2, 0.25) is 0 Å². The summed E-state index contributed by atoms with van der Waals surface area (Å²) >= 11 is 0. The van der Waals surface area contributed by atoms with Crippen LogP contribution in [0.4, 0.5) is 14.5 Å². The molecule has 23 heavy (non-hydrogen) atoms. The predicted molar refractivity (Wildman–Crippen MR) is 84.4 cm³/mol. The third-order valence-corrected chi connectivity index (χ3v) is 3.49. The molecule has 0 radical (unpaired) electrons. The second-order valence-electron chi connectivity index (χ2n) is 5.18. The SMILES string of the molecule is COc1ccc(N(C)C(=O)C(N)Cc2cc(F)cc(F)c2)cc1. The van der Waals surface area contributed by atoms with Crippen molar-refractivity contribution >= 4 is 11.6 Å². The summed E-state index contributed by atoms with van der Waals surface area (Å²) in [5.41, 5.74) is 6.87. The second-order valence-corrected chi connectivity index (χ2v) is 5.18. The Morgan fingerprint density at radius 1 is 1.17 bits per heavy atom. The summed E-state index contributed by atoms with van der Waals surface area (Å²) in [6.45, 7) is 0. The summed E-state index contributed by atoms with van der Waals surface area (Å²) in [7, 11) is 3.15. The van der Waals surface area contributed by atoms with Crippen LogP contribution in [-0.2, 0) is 11.2 Å². The van der Waals surface area contributed by atoms with Crippen LogP contribution in [0.5, 0.6) is 5.75 Å². The molecule has 1 amide bonds. The third kappa shape index (κ3) is 4.26. The van der Waals surface area contributed by atoms with Gasteiger partial charge in [0.25, 0.3) is 0 Å². The molecule has 122 valence electrons. The highest BCUT2D eigenvalue weighted by Crippen LogP contribution is 2.19. The van der Waals surface area contributed by atoms with E-state index in [9.17, 15) is 13.6 Å². The van der Waals surface area contributed by atoms with E-state index in [1.54, 1.807) is 38.4 Å². The van der Waals surface area contributed by atoms with Crippen molar-refractivity contribution < 1.29 is 18.3 Å². The van der Waals surface area contributed by atoms with E-state index in [2.05, 4.69) is 0 Å². The molecule has 6 heteroatoms. The first-order valence-electron chi connectivity index (χ1n) is 7.03. The van der Waals surface area contributed by atoms with Crippen LogP contribution >= 0.6 is 0 Å². The predicted octanol–water partition coefficient (Wildman–Crippen LogP) is 2.51. The number of nitrogens with two attached hydrogens (primary N) is 1. The summed E-state index contributed by atoms with van der Waals surface area (Å²) in [5.74, 6) is -1.06. The molecule has 2 aromatic carbocycles. The van der Waals surface area contributed by atoms with Crippen molar-refractivity contribution in [3.8, 4) is 5.75 Å². The number of hydrogen-bond acceptors (Lipinski definition) is 3. The van der Waals surface area contributed by atoms with Crippen molar-refractivity contribution in [2.75, 3.05) is 19.1 Å². The van der Waals surface area contributed by atoms with Crippen molar-refractivity contribution in [1.82, 2.24) is 0 Å². The lowest BCUT2D eigenvalue weighted by Crippen LogP contribution is -2.43. The zero-order chi connectivity index (χ0) is 17.0. The van der Waals surface area contributed by atoms with Crippen LogP contribution in [0.1, 0.15) is 5.56 Å². The Kier molecular flexibility index (Phi) is 5.28. The molecule has 0 aliphatic carbocycles. The lowest BCUT2D eigenvalue weighted by molar-refractivity contribution is -0.119. The Labute approximate surface area is 133 Å². The van der Waals surface area contributed by atoms with E-state index >= 15 is 0 Å². The van der Waals surface area contributed by atoms with Gasteiger partial charge in [-0.2, -0.15) is 0 Å². The molecule has 0 heterocycles. The maximum absolute atomic E-state index is 13.2. The number of methoxy groups -OCH3 is 1. The fourth-order valence-corrected chi connectivity index (χ4v) is 2.25. The fraction of sp³-hybridized carbons (Fsp3) is 0.235. The Morgan fingerprint density at radius 2 is 1.74 bits per heavy atom. The highest BCUT2D eigenvalue weighted by molar-refractivity contribution is 5.96. The first-order chi connectivity index (χ1) is 10.9. The number of hydrogen-bond donors (Lipinski definition) is 1. The molecule has 0 saturated carbocycles. The minimum Gasteiger partial charge on any atom is -0.497 e. The van der Waals surface area contributed by atoms with E-state index in [0.29, 0.717) is 17.0 Å². The van der Waals surface area contributed by atoms with Gasteiger partial charge in [-0.15, -0.1) is 0 Å². The number of carbonyl (C=O) groups is 1. The van der Waals surface area contributed by atoms with Gasteiger partial charge in [0.1, 0.15) is 17.4 Å². The maximum atomic E-state index is 13.2. The van der Waals surface area contributed by atoms with E-state index in [4.69, 9.17) is 10.5 Å². The van der Waals surface area contributed by atoms with Crippen LogP contribution in [0.25, 0.3) is 0 Å². The summed E-state index contributed by atoms with van der Waals surface area (Å²) in [6, 6.07) is 9.13. The molecular weight excluding hydrogens is 302 g/mol. The minimum atomic E-state index is -0.900. The zero-order valence-electron chi connectivity index (χ0n) is 12.9. The molecule has 2 N–H and O–H groups in total. The van der Waals surface area contributed by atoms with Crippen molar-refractivity contribution in [2.45, 2.75) is 12.5 Å². The van der Waals surface area contributed by atoms with Crippen LogP contribution < -0.4 is 15.4 Å². The Hall–Kier alpha value is -2.47. The van der Waals surface area contributed by atoms with Gasteiger partial charge in [0, 0.05) is 18.8 Å². The van der Waals surface area contributed by atoms with E-state index < -0.39 is 17.7 Å². The average Bonchev–Trinajstić information content (AvgIpc) is 2.52. The number of nitrogens with zero attached hydrogens (tertiary/aromatic N) is 1. The maximum Gasteiger partial charge on any atom is 0.243 e. The molecule has 0 aliphatic rings. The molecule has 0 aliphatic heterocycles. The first-order valence-corrected chi connectivity index (χ1v) is 7.03. The van der Waals surface area contributed by atoms with Gasteiger partial charge in [0.15, 0.2) is 0 Å². The number of halogens is 2. The van der Waals surface area contributed by atoms with Gasteiger partial charge in [0.2, 0.25) is 5.91 Å². The van der Waals surface area contributed by atoms with Crippen LogP contribution in [0.15, 0.2) is 42.5 Å². The Balaban J connectivity index is 2.08. The summed E-state index contributed by atoms with van der Waals surface area (Å²) in [5, 5.41) is 0. The smallest absolute Gasteiger partial charge is 0.243 e. The molecule has 0 saturated heterocycles. The fourth-order valence-electron chi connectivity index (χ4n) is 2.25. The van der Waals surface area contributed by atoms with Gasteiger partial charge in [-0.25, -0.2) is 8.78 Å². The van der Waals surface area contributed by atoms with Gasteiger partial charge in [-0.3, -0.25) is 4.79 Å². The zero-order valence-corrected chi connectivity index (χ0v) is 12.9. The summed E-state index contributed by atoms with van der Waals surface area (Å²) in [6.07, 6.45) is 0.0496. The van der Waals surface area contributed by atoms with Gasteiger partial charge in [-0.05, 0) is 48.4 Å². The average molecular weight is 320 g/mol. The monoisotopic (exact) mass is 320 g/mol. The molecule has 1 unspecified atom stereocenters. The van der Waals surface area contributed by atoms with E-state index in [0.717, 1.165) is 6.07 Å². The largest absolute Gasteiger partial charge is 0.497 e. The molecule has 2 aromatic rings. The molecular formula is C17H18F2N2O2. The van der Waals surface area contributed by atoms with Gasteiger partial charge >= 0.3 is 0 Å². The minimum absolute atomic E-state index is 0.0496. The first kappa shape index (κ1) is 16.9. The van der Waals surface area contributed by atoms with Crippen molar-refractivity contribution in [2.24, 2.45) is 5.73 Å². The number of benzene rings is 2. The molecule has 0 bridgehead atoms. The van der Waals surface area contributed by atoms with Gasteiger partial charge < -0.3 is 15.4 Å². The van der Waals surface area contributed by atoms with Crippen molar-refractivity contribution in [3.63, 3.8) is 0 Å². The van der Waals surface area contributed by atoms with Gasteiger partial charge in [0.05, 0.1) is 13.2 Å². The van der Waals surface area contributed by atoms with E-state index in [1.165, 1.54) is 17.0 Å². The number of rotatable bonds is 5. The van der Waals surface area contributed by atoms with E-state index in [-0.39, 0.29) is 12.3 Å². The standard InChI is InChI=1S/C17H18F2N2O2/c1-21(14-3-5-15(23-2)6-4-14)17(22)16(20)9-11-7-12(18)10-13(19)8-11/h3-8,10,16H,9,20H2,1-2H3. The summed E-state index contributed by atoms with van der Waals surface area (Å²) < 4.78 is 31.4. The quantitative estimate of drug-likeness (QED) is 0.921. The molecule has 0 aromatic heterocycles. The molecule has 4 nitrogen and oxygen atoms in total.